The Bertz CT molecular complexity index is 424. The van der Waals surface area contributed by atoms with Crippen molar-refractivity contribution in [2.24, 2.45) is 5.73 Å². The molecule has 0 radical (unpaired) electrons. The number of hydrogen-bond acceptors (Lipinski definition) is 2. The molecule has 76 valence electrons. The highest BCUT2D eigenvalue weighted by atomic mass is 14.9. The first kappa shape index (κ1) is 9.74. The predicted octanol–water partition coefficient (Wildman–Crippen LogP) is 2.89. The van der Waals surface area contributed by atoms with Crippen molar-refractivity contribution in [1.29, 1.82) is 0 Å². The molecule has 0 atom stereocenters. The Morgan fingerprint density at radius 2 is 1.60 bits per heavy atom. The highest BCUT2D eigenvalue weighted by Crippen LogP contribution is 2.16. The van der Waals surface area contributed by atoms with Gasteiger partial charge >= 0.3 is 0 Å². The number of nitrogens with one attached hydrogen (secondary N) is 1. The second kappa shape index (κ2) is 4.62. The van der Waals surface area contributed by atoms with Gasteiger partial charge in [-0.25, -0.2) is 0 Å². The second-order valence-corrected chi connectivity index (χ2v) is 3.40. The summed E-state index contributed by atoms with van der Waals surface area (Å²) in [4.78, 5) is 0. The van der Waals surface area contributed by atoms with Gasteiger partial charge in [0.15, 0.2) is 0 Å². The summed E-state index contributed by atoms with van der Waals surface area (Å²) in [6.45, 7) is 0.574. The van der Waals surface area contributed by atoms with E-state index in [4.69, 9.17) is 5.73 Å². The fourth-order valence-corrected chi connectivity index (χ4v) is 1.46. The Kier molecular flexibility index (Phi) is 3.00. The molecule has 2 heteroatoms. The summed E-state index contributed by atoms with van der Waals surface area (Å²) in [6.07, 6.45) is 0. The lowest BCUT2D eigenvalue weighted by molar-refractivity contribution is 1.07. The third kappa shape index (κ3) is 2.58. The molecule has 0 aromatic heterocycles. The summed E-state index contributed by atoms with van der Waals surface area (Å²) in [5.41, 5.74) is 8.88. The molecule has 0 heterocycles. The van der Waals surface area contributed by atoms with E-state index in [0.29, 0.717) is 6.54 Å². The molecule has 2 aromatic rings. The van der Waals surface area contributed by atoms with Gasteiger partial charge in [0, 0.05) is 17.9 Å². The normalized spacial score (nSPS) is 9.93. The molecular weight excluding hydrogens is 184 g/mol. The van der Waals surface area contributed by atoms with Crippen molar-refractivity contribution in [3.8, 4) is 0 Å². The van der Waals surface area contributed by atoms with E-state index in [9.17, 15) is 0 Å². The summed E-state index contributed by atoms with van der Waals surface area (Å²) in [6, 6.07) is 18.2. The van der Waals surface area contributed by atoms with Crippen LogP contribution in [0.3, 0.4) is 0 Å². The standard InChI is InChI=1S/C13H14N2/c14-10-11-5-4-8-13(9-11)15-12-6-2-1-3-7-12/h1-9,15H,10,14H2. The lowest BCUT2D eigenvalue weighted by Gasteiger charge is -2.07. The van der Waals surface area contributed by atoms with Crippen LogP contribution in [0, 0.1) is 0 Å². The predicted molar refractivity (Wildman–Crippen MR) is 64.1 cm³/mol. The Hall–Kier alpha value is -1.80. The number of nitrogens with two attached hydrogens (primary N) is 1. The minimum Gasteiger partial charge on any atom is -0.356 e. The maximum absolute atomic E-state index is 5.58. The van der Waals surface area contributed by atoms with E-state index in [1.165, 1.54) is 0 Å². The van der Waals surface area contributed by atoms with E-state index in [0.717, 1.165) is 16.9 Å². The van der Waals surface area contributed by atoms with Gasteiger partial charge in [-0.2, -0.15) is 0 Å². The first-order valence-electron chi connectivity index (χ1n) is 4.99. The fraction of sp³-hybridized carbons (Fsp3) is 0.0769. The minimum absolute atomic E-state index is 0.574. The summed E-state index contributed by atoms with van der Waals surface area (Å²) in [7, 11) is 0. The maximum Gasteiger partial charge on any atom is 0.0387 e. The maximum atomic E-state index is 5.58. The first-order valence-corrected chi connectivity index (χ1v) is 4.99. The average Bonchev–Trinajstić information content (AvgIpc) is 2.31. The molecule has 2 rings (SSSR count). The number of hydrogen-bond donors (Lipinski definition) is 2. The molecule has 0 saturated carbocycles. The zero-order valence-corrected chi connectivity index (χ0v) is 8.48. The van der Waals surface area contributed by atoms with Crippen LogP contribution in [0.15, 0.2) is 54.6 Å². The molecule has 15 heavy (non-hydrogen) atoms. The van der Waals surface area contributed by atoms with Crippen molar-refractivity contribution in [3.05, 3.63) is 60.2 Å². The highest BCUT2D eigenvalue weighted by molar-refractivity contribution is 5.59. The van der Waals surface area contributed by atoms with E-state index in [2.05, 4.69) is 11.4 Å². The summed E-state index contributed by atoms with van der Waals surface area (Å²) < 4.78 is 0. The number of rotatable bonds is 3. The van der Waals surface area contributed by atoms with E-state index < -0.39 is 0 Å². The lowest BCUT2D eigenvalue weighted by atomic mass is 10.2. The van der Waals surface area contributed by atoms with Gasteiger partial charge in [0.1, 0.15) is 0 Å². The van der Waals surface area contributed by atoms with Crippen LogP contribution >= 0.6 is 0 Å². The quantitative estimate of drug-likeness (QED) is 0.795. The lowest BCUT2D eigenvalue weighted by Crippen LogP contribution is -1.97. The molecular formula is C13H14N2. The van der Waals surface area contributed by atoms with Crippen molar-refractivity contribution in [2.75, 3.05) is 5.32 Å². The molecule has 0 saturated heterocycles. The van der Waals surface area contributed by atoms with Gasteiger partial charge in [0.05, 0.1) is 0 Å². The molecule has 3 N–H and O–H groups in total. The molecule has 2 aromatic carbocycles. The van der Waals surface area contributed by atoms with Crippen molar-refractivity contribution < 1.29 is 0 Å². The van der Waals surface area contributed by atoms with Gasteiger partial charge in [-0.15, -0.1) is 0 Å². The zero-order valence-electron chi connectivity index (χ0n) is 8.48. The SMILES string of the molecule is NCc1cccc(Nc2ccccc2)c1. The first-order chi connectivity index (χ1) is 7.38. The van der Waals surface area contributed by atoms with E-state index in [-0.39, 0.29) is 0 Å². The molecule has 0 spiro atoms. The molecule has 0 aliphatic rings. The number of para-hydroxylation sites is 1. The third-order valence-corrected chi connectivity index (χ3v) is 2.23. The average molecular weight is 198 g/mol. The molecule has 0 fully saturated rings. The van der Waals surface area contributed by atoms with Crippen LogP contribution in [0.4, 0.5) is 11.4 Å². The molecule has 2 nitrogen and oxygen atoms in total. The van der Waals surface area contributed by atoms with Gasteiger partial charge in [-0.1, -0.05) is 30.3 Å². The van der Waals surface area contributed by atoms with E-state index >= 15 is 0 Å². The van der Waals surface area contributed by atoms with Crippen molar-refractivity contribution in [1.82, 2.24) is 0 Å². The third-order valence-electron chi connectivity index (χ3n) is 2.23. The topological polar surface area (TPSA) is 38.0 Å². The number of benzene rings is 2. The van der Waals surface area contributed by atoms with E-state index in [1.54, 1.807) is 0 Å². The zero-order chi connectivity index (χ0) is 10.5. The minimum atomic E-state index is 0.574. The monoisotopic (exact) mass is 198 g/mol. The van der Waals surface area contributed by atoms with Crippen LogP contribution in [0.25, 0.3) is 0 Å². The van der Waals surface area contributed by atoms with Gasteiger partial charge in [-0.05, 0) is 29.8 Å². The second-order valence-electron chi connectivity index (χ2n) is 3.40. The molecule has 0 aliphatic carbocycles. The van der Waals surface area contributed by atoms with Gasteiger partial charge in [0.25, 0.3) is 0 Å². The van der Waals surface area contributed by atoms with Crippen molar-refractivity contribution >= 4 is 11.4 Å². The summed E-state index contributed by atoms with van der Waals surface area (Å²) >= 11 is 0. The van der Waals surface area contributed by atoms with Gasteiger partial charge < -0.3 is 11.1 Å². The Morgan fingerprint density at radius 3 is 2.33 bits per heavy atom. The van der Waals surface area contributed by atoms with Gasteiger partial charge in [-0.3, -0.25) is 0 Å². The van der Waals surface area contributed by atoms with Crippen molar-refractivity contribution in [3.63, 3.8) is 0 Å². The highest BCUT2D eigenvalue weighted by Gasteiger charge is 1.94. The summed E-state index contributed by atoms with van der Waals surface area (Å²) in [5.74, 6) is 0. The van der Waals surface area contributed by atoms with Crippen LogP contribution in [0.5, 0.6) is 0 Å². The Morgan fingerprint density at radius 1 is 0.867 bits per heavy atom. The van der Waals surface area contributed by atoms with Crippen LogP contribution in [0.2, 0.25) is 0 Å². The number of anilines is 2. The molecule has 0 aliphatic heterocycles. The van der Waals surface area contributed by atoms with Crippen LogP contribution < -0.4 is 11.1 Å². The molecule has 0 unspecified atom stereocenters. The van der Waals surface area contributed by atoms with Gasteiger partial charge in [0.2, 0.25) is 0 Å². The van der Waals surface area contributed by atoms with Crippen LogP contribution in [0.1, 0.15) is 5.56 Å². The van der Waals surface area contributed by atoms with E-state index in [1.807, 2.05) is 48.5 Å². The van der Waals surface area contributed by atoms with Crippen LogP contribution in [-0.2, 0) is 6.54 Å². The van der Waals surface area contributed by atoms with Crippen LogP contribution in [-0.4, -0.2) is 0 Å². The van der Waals surface area contributed by atoms with Crippen molar-refractivity contribution in [2.45, 2.75) is 6.54 Å². The smallest absolute Gasteiger partial charge is 0.0387 e. The Labute approximate surface area is 89.7 Å². The Balaban J connectivity index is 2.17. The summed E-state index contributed by atoms with van der Waals surface area (Å²) in [5, 5.41) is 3.32. The fourth-order valence-electron chi connectivity index (χ4n) is 1.46. The molecule has 0 amide bonds. The molecule has 0 bridgehead atoms. The largest absolute Gasteiger partial charge is 0.356 e.